The van der Waals surface area contributed by atoms with Gasteiger partial charge in [0.2, 0.25) is 0 Å². The lowest BCUT2D eigenvalue weighted by Gasteiger charge is -2.31. The lowest BCUT2D eigenvalue weighted by Crippen LogP contribution is -2.37. The van der Waals surface area contributed by atoms with Crippen LogP contribution in [0.1, 0.15) is 18.4 Å². The van der Waals surface area contributed by atoms with E-state index in [-0.39, 0.29) is 17.7 Å². The first-order valence-corrected chi connectivity index (χ1v) is 8.14. The Morgan fingerprint density at radius 1 is 1.21 bits per heavy atom. The summed E-state index contributed by atoms with van der Waals surface area (Å²) in [7, 11) is 0. The standard InChI is InChI=1S/C18H20FN3O2/c19-16-3-1-14(2-4-16)7-12-24-18(23)15-5-10-22(11-6-15)17-13-20-8-9-21-17/h1-4,8-9,13,15H,5-7,10-12H2. The zero-order valence-corrected chi connectivity index (χ0v) is 13.4. The minimum Gasteiger partial charge on any atom is -0.465 e. The van der Waals surface area contributed by atoms with Crippen LogP contribution in [0.5, 0.6) is 0 Å². The summed E-state index contributed by atoms with van der Waals surface area (Å²) in [5.41, 5.74) is 0.960. The number of hydrogen-bond donors (Lipinski definition) is 0. The van der Waals surface area contributed by atoms with Gasteiger partial charge in [-0.3, -0.25) is 9.78 Å². The van der Waals surface area contributed by atoms with Gasteiger partial charge in [-0.25, -0.2) is 9.37 Å². The molecule has 1 saturated heterocycles. The number of ether oxygens (including phenoxy) is 1. The molecule has 1 aromatic carbocycles. The smallest absolute Gasteiger partial charge is 0.309 e. The second kappa shape index (κ2) is 7.86. The van der Waals surface area contributed by atoms with Crippen LogP contribution in [-0.2, 0) is 16.0 Å². The first kappa shape index (κ1) is 16.4. The van der Waals surface area contributed by atoms with Crippen LogP contribution >= 0.6 is 0 Å². The van der Waals surface area contributed by atoms with Crippen molar-refractivity contribution in [2.24, 2.45) is 5.92 Å². The fraction of sp³-hybridized carbons (Fsp3) is 0.389. The molecule has 24 heavy (non-hydrogen) atoms. The molecule has 1 aromatic heterocycles. The third kappa shape index (κ3) is 4.28. The van der Waals surface area contributed by atoms with Crippen LogP contribution in [0.3, 0.4) is 0 Å². The predicted octanol–water partition coefficient (Wildman–Crippen LogP) is 2.62. The van der Waals surface area contributed by atoms with E-state index in [0.29, 0.717) is 13.0 Å². The van der Waals surface area contributed by atoms with Crippen LogP contribution in [0.2, 0.25) is 0 Å². The highest BCUT2D eigenvalue weighted by molar-refractivity contribution is 5.72. The molecule has 126 valence electrons. The quantitative estimate of drug-likeness (QED) is 0.789. The number of esters is 1. The molecule has 1 aliphatic heterocycles. The largest absolute Gasteiger partial charge is 0.465 e. The molecule has 0 radical (unpaired) electrons. The molecule has 0 bridgehead atoms. The van der Waals surface area contributed by atoms with Gasteiger partial charge in [-0.05, 0) is 30.5 Å². The van der Waals surface area contributed by atoms with E-state index in [2.05, 4.69) is 14.9 Å². The topological polar surface area (TPSA) is 55.3 Å². The van der Waals surface area contributed by atoms with E-state index in [1.807, 2.05) is 0 Å². The molecule has 0 atom stereocenters. The number of nitrogens with zero attached hydrogens (tertiary/aromatic N) is 3. The lowest BCUT2D eigenvalue weighted by atomic mass is 9.97. The maximum absolute atomic E-state index is 12.8. The molecule has 1 aliphatic rings. The van der Waals surface area contributed by atoms with Crippen molar-refractivity contribution in [1.82, 2.24) is 9.97 Å². The number of piperidine rings is 1. The van der Waals surface area contributed by atoms with Crippen LogP contribution in [0.25, 0.3) is 0 Å². The van der Waals surface area contributed by atoms with Crippen molar-refractivity contribution in [3.63, 3.8) is 0 Å². The van der Waals surface area contributed by atoms with Gasteiger partial charge >= 0.3 is 5.97 Å². The molecule has 0 spiro atoms. The second-order valence-corrected chi connectivity index (χ2v) is 5.87. The second-order valence-electron chi connectivity index (χ2n) is 5.87. The number of anilines is 1. The molecule has 2 heterocycles. The van der Waals surface area contributed by atoms with E-state index in [1.165, 1.54) is 12.1 Å². The van der Waals surface area contributed by atoms with Crippen molar-refractivity contribution in [2.75, 3.05) is 24.6 Å². The minimum absolute atomic E-state index is 0.0638. The summed E-state index contributed by atoms with van der Waals surface area (Å²) in [4.78, 5) is 22.6. The summed E-state index contributed by atoms with van der Waals surface area (Å²) >= 11 is 0. The molecule has 3 rings (SSSR count). The van der Waals surface area contributed by atoms with E-state index < -0.39 is 0 Å². The lowest BCUT2D eigenvalue weighted by molar-refractivity contribution is -0.149. The van der Waals surface area contributed by atoms with Crippen molar-refractivity contribution < 1.29 is 13.9 Å². The van der Waals surface area contributed by atoms with Crippen LogP contribution in [-0.4, -0.2) is 35.6 Å². The number of halogens is 1. The highest BCUT2D eigenvalue weighted by Gasteiger charge is 2.26. The third-order valence-corrected chi connectivity index (χ3v) is 4.25. The Hall–Kier alpha value is -2.50. The molecule has 5 nitrogen and oxygen atoms in total. The zero-order chi connectivity index (χ0) is 16.8. The van der Waals surface area contributed by atoms with E-state index in [9.17, 15) is 9.18 Å². The molecule has 6 heteroatoms. The van der Waals surface area contributed by atoms with Gasteiger partial charge in [0.05, 0.1) is 18.7 Å². The fourth-order valence-corrected chi connectivity index (χ4v) is 2.84. The summed E-state index contributed by atoms with van der Waals surface area (Å²) in [5.74, 6) is 0.383. The number of benzene rings is 1. The van der Waals surface area contributed by atoms with E-state index >= 15 is 0 Å². The maximum atomic E-state index is 12.8. The van der Waals surface area contributed by atoms with E-state index in [0.717, 1.165) is 37.3 Å². The Balaban J connectivity index is 1.41. The van der Waals surface area contributed by atoms with Crippen LogP contribution in [0.4, 0.5) is 10.2 Å². The monoisotopic (exact) mass is 329 g/mol. The zero-order valence-electron chi connectivity index (χ0n) is 13.4. The highest BCUT2D eigenvalue weighted by atomic mass is 19.1. The van der Waals surface area contributed by atoms with Crippen molar-refractivity contribution >= 4 is 11.8 Å². The van der Waals surface area contributed by atoms with Gasteiger partial charge in [0.25, 0.3) is 0 Å². The first-order chi connectivity index (χ1) is 11.7. The number of rotatable bonds is 5. The summed E-state index contributed by atoms with van der Waals surface area (Å²) in [6, 6.07) is 6.25. The van der Waals surface area contributed by atoms with Crippen molar-refractivity contribution in [3.8, 4) is 0 Å². The fourth-order valence-electron chi connectivity index (χ4n) is 2.84. The van der Waals surface area contributed by atoms with Gasteiger partial charge in [0.15, 0.2) is 0 Å². The maximum Gasteiger partial charge on any atom is 0.309 e. The Kier molecular flexibility index (Phi) is 5.36. The molecule has 1 fully saturated rings. The van der Waals surface area contributed by atoms with Gasteiger partial charge in [0.1, 0.15) is 11.6 Å². The van der Waals surface area contributed by atoms with Crippen LogP contribution in [0, 0.1) is 11.7 Å². The molecule has 0 saturated carbocycles. The molecule has 2 aromatic rings. The number of hydrogen-bond acceptors (Lipinski definition) is 5. The SMILES string of the molecule is O=C(OCCc1ccc(F)cc1)C1CCN(c2cnccn2)CC1. The number of carbonyl (C=O) groups is 1. The average molecular weight is 329 g/mol. The molecule has 0 N–H and O–H groups in total. The average Bonchev–Trinajstić information content (AvgIpc) is 2.64. The Morgan fingerprint density at radius 3 is 2.62 bits per heavy atom. The minimum atomic E-state index is -0.259. The van der Waals surface area contributed by atoms with E-state index in [1.54, 1.807) is 30.7 Å². The van der Waals surface area contributed by atoms with Gasteiger partial charge in [-0.1, -0.05) is 12.1 Å². The molecular formula is C18H20FN3O2. The van der Waals surface area contributed by atoms with Gasteiger partial charge in [0, 0.05) is 31.9 Å². The summed E-state index contributed by atoms with van der Waals surface area (Å²) in [5, 5.41) is 0. The van der Waals surface area contributed by atoms with Crippen molar-refractivity contribution in [1.29, 1.82) is 0 Å². The van der Waals surface area contributed by atoms with Gasteiger partial charge < -0.3 is 9.64 Å². The van der Waals surface area contributed by atoms with Gasteiger partial charge in [-0.2, -0.15) is 0 Å². The molecule has 0 unspecified atom stereocenters. The number of aromatic nitrogens is 2. The predicted molar refractivity (Wildman–Crippen MR) is 88.0 cm³/mol. The van der Waals surface area contributed by atoms with Gasteiger partial charge in [-0.15, -0.1) is 0 Å². The highest BCUT2D eigenvalue weighted by Crippen LogP contribution is 2.22. The Morgan fingerprint density at radius 2 is 1.96 bits per heavy atom. The van der Waals surface area contributed by atoms with Crippen molar-refractivity contribution in [2.45, 2.75) is 19.3 Å². The molecule has 0 amide bonds. The molecule has 0 aliphatic carbocycles. The summed E-state index contributed by atoms with van der Waals surface area (Å²) < 4.78 is 18.2. The van der Waals surface area contributed by atoms with Crippen LogP contribution in [0.15, 0.2) is 42.9 Å². The third-order valence-electron chi connectivity index (χ3n) is 4.25. The molecular weight excluding hydrogens is 309 g/mol. The Labute approximate surface area is 140 Å². The summed E-state index contributed by atoms with van der Waals surface area (Å²) in [6.45, 7) is 1.88. The van der Waals surface area contributed by atoms with E-state index in [4.69, 9.17) is 4.74 Å². The normalized spacial score (nSPS) is 15.3. The van der Waals surface area contributed by atoms with Crippen LogP contribution < -0.4 is 4.90 Å². The number of carbonyl (C=O) groups excluding carboxylic acids is 1. The first-order valence-electron chi connectivity index (χ1n) is 8.14. The van der Waals surface area contributed by atoms with Crippen molar-refractivity contribution in [3.05, 3.63) is 54.2 Å². The summed E-state index contributed by atoms with van der Waals surface area (Å²) in [6.07, 6.45) is 7.17. The Bertz CT molecular complexity index is 656.